The number of carbonyl (C=O) groups excluding carboxylic acids is 1. The number of furan rings is 1. The Morgan fingerprint density at radius 3 is 2.90 bits per heavy atom. The van der Waals surface area contributed by atoms with Crippen LogP contribution in [0.1, 0.15) is 19.7 Å². The van der Waals surface area contributed by atoms with Gasteiger partial charge in [0.15, 0.2) is 5.76 Å². The minimum atomic E-state index is -0.0340. The largest absolute Gasteiger partial charge is 0.459 e. The van der Waals surface area contributed by atoms with Crippen LogP contribution in [0.2, 0.25) is 0 Å². The van der Waals surface area contributed by atoms with E-state index in [9.17, 15) is 4.79 Å². The van der Waals surface area contributed by atoms with Crippen LogP contribution in [0.5, 0.6) is 0 Å². The first kappa shape index (κ1) is 14.3. The molecule has 2 aromatic rings. The highest BCUT2D eigenvalue weighted by atomic mass is 16.4. The molecule has 2 heterocycles. The van der Waals surface area contributed by atoms with Gasteiger partial charge in [-0.1, -0.05) is 0 Å². The number of hydrogen-bond donors (Lipinski definition) is 1. The molecule has 0 saturated heterocycles. The summed E-state index contributed by atoms with van der Waals surface area (Å²) in [7, 11) is 1.82. The van der Waals surface area contributed by atoms with E-state index < -0.39 is 0 Å². The molecular formula is C13H18N4O3. The lowest BCUT2D eigenvalue weighted by molar-refractivity contribution is -0.122. The molecule has 0 aliphatic rings. The minimum absolute atomic E-state index is 0.0340. The highest BCUT2D eigenvalue weighted by molar-refractivity contribution is 5.78. The van der Waals surface area contributed by atoms with Crippen LogP contribution in [0.4, 0.5) is 0 Å². The van der Waals surface area contributed by atoms with Gasteiger partial charge in [0.25, 0.3) is 5.89 Å². The Bertz CT molecular complexity index is 548. The quantitative estimate of drug-likeness (QED) is 0.857. The fourth-order valence-corrected chi connectivity index (χ4v) is 1.72. The van der Waals surface area contributed by atoms with Crippen molar-refractivity contribution < 1.29 is 13.6 Å². The van der Waals surface area contributed by atoms with E-state index in [1.807, 2.05) is 20.9 Å². The Morgan fingerprint density at radius 1 is 1.45 bits per heavy atom. The van der Waals surface area contributed by atoms with Crippen LogP contribution in [0.3, 0.4) is 0 Å². The molecule has 0 aliphatic carbocycles. The first-order chi connectivity index (χ1) is 9.54. The molecule has 1 N–H and O–H groups in total. The van der Waals surface area contributed by atoms with Crippen molar-refractivity contribution in [2.24, 2.45) is 0 Å². The molecule has 0 saturated carbocycles. The molecule has 20 heavy (non-hydrogen) atoms. The van der Waals surface area contributed by atoms with Crippen LogP contribution >= 0.6 is 0 Å². The van der Waals surface area contributed by atoms with Crippen molar-refractivity contribution in [3.63, 3.8) is 0 Å². The van der Waals surface area contributed by atoms with Crippen molar-refractivity contribution in [1.29, 1.82) is 0 Å². The van der Waals surface area contributed by atoms with Crippen LogP contribution in [0.25, 0.3) is 11.7 Å². The molecule has 7 heteroatoms. The third-order valence-corrected chi connectivity index (χ3v) is 2.47. The molecule has 0 fully saturated rings. The average molecular weight is 278 g/mol. The topological polar surface area (TPSA) is 84.4 Å². The summed E-state index contributed by atoms with van der Waals surface area (Å²) in [5.41, 5.74) is 0. The van der Waals surface area contributed by atoms with Crippen LogP contribution < -0.4 is 5.32 Å². The summed E-state index contributed by atoms with van der Waals surface area (Å²) in [5, 5.41) is 10.7. The van der Waals surface area contributed by atoms with Gasteiger partial charge in [-0.3, -0.25) is 9.69 Å². The molecule has 0 radical (unpaired) electrons. The lowest BCUT2D eigenvalue weighted by Crippen LogP contribution is -2.38. The molecule has 0 bridgehead atoms. The molecule has 1 amide bonds. The predicted molar refractivity (Wildman–Crippen MR) is 71.6 cm³/mol. The standard InChI is InChI=1S/C13H18N4O3/c1-9(2)14-11(18)7-17(3)8-12-15-16-13(20-12)10-5-4-6-19-10/h4-6,9H,7-8H2,1-3H3,(H,14,18). The van der Waals surface area contributed by atoms with E-state index >= 15 is 0 Å². The first-order valence-electron chi connectivity index (χ1n) is 6.38. The molecule has 0 atom stereocenters. The number of aromatic nitrogens is 2. The molecule has 0 unspecified atom stereocenters. The molecule has 108 valence electrons. The summed E-state index contributed by atoms with van der Waals surface area (Å²) < 4.78 is 10.6. The van der Waals surface area contributed by atoms with Gasteiger partial charge in [-0.05, 0) is 33.0 Å². The molecular weight excluding hydrogens is 260 g/mol. The van der Waals surface area contributed by atoms with Crippen molar-refractivity contribution in [3.05, 3.63) is 24.3 Å². The van der Waals surface area contributed by atoms with E-state index in [4.69, 9.17) is 8.83 Å². The Balaban J connectivity index is 1.89. The zero-order chi connectivity index (χ0) is 14.5. The molecule has 2 aromatic heterocycles. The van der Waals surface area contributed by atoms with E-state index in [2.05, 4.69) is 15.5 Å². The van der Waals surface area contributed by atoms with E-state index in [-0.39, 0.29) is 18.5 Å². The van der Waals surface area contributed by atoms with E-state index in [1.165, 1.54) is 0 Å². The van der Waals surface area contributed by atoms with Gasteiger partial charge in [-0.15, -0.1) is 10.2 Å². The molecule has 0 spiro atoms. The van der Waals surface area contributed by atoms with Crippen molar-refractivity contribution in [2.75, 3.05) is 13.6 Å². The van der Waals surface area contributed by atoms with Crippen molar-refractivity contribution in [3.8, 4) is 11.7 Å². The molecule has 0 aliphatic heterocycles. The second-order valence-electron chi connectivity index (χ2n) is 4.87. The average Bonchev–Trinajstić information content (AvgIpc) is 2.96. The Labute approximate surface area is 117 Å². The van der Waals surface area contributed by atoms with Gasteiger partial charge in [0, 0.05) is 6.04 Å². The number of hydrogen-bond acceptors (Lipinski definition) is 6. The summed E-state index contributed by atoms with van der Waals surface area (Å²) in [6.45, 7) is 4.52. The van der Waals surface area contributed by atoms with Crippen LogP contribution in [0, 0.1) is 0 Å². The van der Waals surface area contributed by atoms with Crippen LogP contribution in [-0.4, -0.2) is 40.6 Å². The SMILES string of the molecule is CC(C)NC(=O)CN(C)Cc1nnc(-c2ccco2)o1. The predicted octanol–water partition coefficient (Wildman–Crippen LogP) is 1.29. The summed E-state index contributed by atoms with van der Waals surface area (Å²) in [4.78, 5) is 13.4. The zero-order valence-corrected chi connectivity index (χ0v) is 11.8. The van der Waals surface area contributed by atoms with E-state index in [1.54, 1.807) is 23.3 Å². The lowest BCUT2D eigenvalue weighted by Gasteiger charge is -2.15. The number of likely N-dealkylation sites (N-methyl/N-ethyl adjacent to an activating group) is 1. The second-order valence-corrected chi connectivity index (χ2v) is 4.87. The number of nitrogens with one attached hydrogen (secondary N) is 1. The minimum Gasteiger partial charge on any atom is -0.459 e. The van der Waals surface area contributed by atoms with Crippen LogP contribution in [-0.2, 0) is 11.3 Å². The molecule has 2 rings (SSSR count). The summed E-state index contributed by atoms with van der Waals surface area (Å²) in [5.74, 6) is 1.28. The van der Waals surface area contributed by atoms with Crippen LogP contribution in [0.15, 0.2) is 27.2 Å². The highest BCUT2D eigenvalue weighted by Gasteiger charge is 2.14. The Hall–Kier alpha value is -2.15. The van der Waals surface area contributed by atoms with Gasteiger partial charge >= 0.3 is 0 Å². The fraction of sp³-hybridized carbons (Fsp3) is 0.462. The van der Waals surface area contributed by atoms with Crippen molar-refractivity contribution >= 4 is 5.91 Å². The van der Waals surface area contributed by atoms with Crippen molar-refractivity contribution in [1.82, 2.24) is 20.4 Å². The maximum Gasteiger partial charge on any atom is 0.283 e. The third kappa shape index (κ3) is 3.92. The molecule has 7 nitrogen and oxygen atoms in total. The smallest absolute Gasteiger partial charge is 0.283 e. The second kappa shape index (κ2) is 6.33. The summed E-state index contributed by atoms with van der Waals surface area (Å²) >= 11 is 0. The lowest BCUT2D eigenvalue weighted by atomic mass is 10.4. The highest BCUT2D eigenvalue weighted by Crippen LogP contribution is 2.18. The molecule has 0 aromatic carbocycles. The van der Waals surface area contributed by atoms with Crippen molar-refractivity contribution in [2.45, 2.75) is 26.4 Å². The van der Waals surface area contributed by atoms with Gasteiger partial charge < -0.3 is 14.2 Å². The third-order valence-electron chi connectivity index (χ3n) is 2.47. The Morgan fingerprint density at radius 2 is 2.25 bits per heavy atom. The van der Waals surface area contributed by atoms with Gasteiger partial charge in [0.1, 0.15) is 0 Å². The number of amides is 1. The van der Waals surface area contributed by atoms with E-state index in [0.29, 0.717) is 24.1 Å². The van der Waals surface area contributed by atoms with Gasteiger partial charge in [0.05, 0.1) is 19.4 Å². The van der Waals surface area contributed by atoms with Gasteiger partial charge in [-0.25, -0.2) is 0 Å². The summed E-state index contributed by atoms with van der Waals surface area (Å²) in [6, 6.07) is 3.63. The Kier molecular flexibility index (Phi) is 4.52. The van der Waals surface area contributed by atoms with Gasteiger partial charge in [-0.2, -0.15) is 0 Å². The monoisotopic (exact) mass is 278 g/mol. The summed E-state index contributed by atoms with van der Waals surface area (Å²) in [6.07, 6.45) is 1.54. The van der Waals surface area contributed by atoms with E-state index in [0.717, 1.165) is 0 Å². The maximum atomic E-state index is 11.6. The zero-order valence-electron chi connectivity index (χ0n) is 11.8. The normalized spacial score (nSPS) is 11.2. The van der Waals surface area contributed by atoms with Gasteiger partial charge in [0.2, 0.25) is 11.8 Å². The fourth-order valence-electron chi connectivity index (χ4n) is 1.72. The maximum absolute atomic E-state index is 11.6. The first-order valence-corrected chi connectivity index (χ1v) is 6.38. The number of carbonyl (C=O) groups is 1. The number of rotatable bonds is 6. The number of nitrogens with zero attached hydrogens (tertiary/aromatic N) is 3.